The fraction of sp³-hybridized carbons (Fsp3) is 0.156. The maximum absolute atomic E-state index is 13.3. The quantitative estimate of drug-likeness (QED) is 0.190. The third-order valence-electron chi connectivity index (χ3n) is 7.03. The predicted molar refractivity (Wildman–Crippen MR) is 162 cm³/mol. The molecule has 1 amide bonds. The average molecular weight is 598 g/mol. The molecule has 8 nitrogen and oxygen atoms in total. The number of carbonyl (C=O) groups excluding carboxylic acids is 2. The summed E-state index contributed by atoms with van der Waals surface area (Å²) in [5.41, 5.74) is 4.25. The van der Waals surface area contributed by atoms with Crippen LogP contribution in [0.3, 0.4) is 0 Å². The molecule has 5 aromatic rings. The second-order valence-corrected chi connectivity index (χ2v) is 10.5. The summed E-state index contributed by atoms with van der Waals surface area (Å²) in [6.07, 6.45) is 1.39. The van der Waals surface area contributed by atoms with Gasteiger partial charge in [-0.15, -0.1) is 0 Å². The van der Waals surface area contributed by atoms with E-state index in [2.05, 4.69) is 9.97 Å². The number of nitrogens with zero attached hydrogens (tertiary/aromatic N) is 5. The number of ketones is 1. The second-order valence-electron chi connectivity index (χ2n) is 9.70. The molecule has 0 saturated heterocycles. The topological polar surface area (TPSA) is 101 Å². The molecule has 10 heteroatoms. The van der Waals surface area contributed by atoms with Gasteiger partial charge in [0.15, 0.2) is 0 Å². The van der Waals surface area contributed by atoms with Crippen LogP contribution in [-0.4, -0.2) is 33.3 Å². The van der Waals surface area contributed by atoms with Crippen LogP contribution in [0, 0.1) is 18.3 Å². The Kier molecular flexibility index (Phi) is 8.25. The van der Waals surface area contributed by atoms with Crippen molar-refractivity contribution in [2.24, 2.45) is 7.05 Å². The lowest BCUT2D eigenvalue weighted by Crippen LogP contribution is -2.29. The maximum Gasteiger partial charge on any atom is 0.232 e. The SMILES string of the molecule is Cc1ccc2cccc(OCc3c(Cl)ccc(N(C)C(=O)Cc4ccc(C(=O)c5ccc(C#N)nc5)n4C)c3Cl)c2n1. The summed E-state index contributed by atoms with van der Waals surface area (Å²) in [5, 5.41) is 10.6. The number of fused-ring (bicyclic) bond motifs is 1. The summed E-state index contributed by atoms with van der Waals surface area (Å²) in [5.74, 6) is 0.104. The van der Waals surface area contributed by atoms with Gasteiger partial charge in [0, 0.05) is 53.2 Å². The first-order valence-corrected chi connectivity index (χ1v) is 13.7. The van der Waals surface area contributed by atoms with E-state index in [9.17, 15) is 9.59 Å². The minimum atomic E-state index is -0.261. The van der Waals surface area contributed by atoms with E-state index in [4.69, 9.17) is 33.2 Å². The lowest BCUT2D eigenvalue weighted by atomic mass is 10.1. The van der Waals surface area contributed by atoms with Crippen molar-refractivity contribution in [2.75, 3.05) is 11.9 Å². The number of hydrogen-bond donors (Lipinski definition) is 0. The number of likely N-dealkylation sites (N-methyl/N-ethyl adjacent to an activating group) is 1. The van der Waals surface area contributed by atoms with E-state index in [1.807, 2.05) is 43.3 Å². The lowest BCUT2D eigenvalue weighted by molar-refractivity contribution is -0.117. The molecule has 210 valence electrons. The number of hydrogen-bond acceptors (Lipinski definition) is 6. The highest BCUT2D eigenvalue weighted by Gasteiger charge is 2.22. The van der Waals surface area contributed by atoms with Crippen LogP contribution in [0.1, 0.15) is 38.7 Å². The van der Waals surface area contributed by atoms with E-state index in [0.717, 1.165) is 16.6 Å². The van der Waals surface area contributed by atoms with Crippen molar-refractivity contribution in [3.63, 3.8) is 0 Å². The van der Waals surface area contributed by atoms with E-state index in [0.29, 0.717) is 44.0 Å². The number of aromatic nitrogens is 3. The number of ether oxygens (including phenoxy) is 1. The normalized spacial score (nSPS) is 10.9. The van der Waals surface area contributed by atoms with Crippen LogP contribution in [0.15, 0.2) is 72.9 Å². The minimum absolute atomic E-state index is 0.0255. The van der Waals surface area contributed by atoms with Crippen molar-refractivity contribution in [3.8, 4) is 11.8 Å². The standard InChI is InChI=1S/C32H25Cl2N5O3/c1-19-7-8-20-5-4-6-28(31(20)37-19)42-18-24-25(33)12-14-26(30(24)34)39(3)29(40)15-23-11-13-27(38(23)2)32(41)21-9-10-22(16-35)36-17-21/h4-14,17H,15,18H2,1-3H3. The van der Waals surface area contributed by atoms with Crippen LogP contribution in [0.2, 0.25) is 10.0 Å². The van der Waals surface area contributed by atoms with Crippen LogP contribution in [-0.2, 0) is 24.9 Å². The van der Waals surface area contributed by atoms with E-state index in [-0.39, 0.29) is 30.4 Å². The molecular formula is C32H25Cl2N5O3. The van der Waals surface area contributed by atoms with E-state index in [1.54, 1.807) is 49.0 Å². The maximum atomic E-state index is 13.3. The number of nitriles is 1. The van der Waals surface area contributed by atoms with Gasteiger partial charge in [-0.3, -0.25) is 9.59 Å². The number of halogens is 2. The highest BCUT2D eigenvalue weighted by atomic mass is 35.5. The van der Waals surface area contributed by atoms with Gasteiger partial charge in [-0.1, -0.05) is 41.4 Å². The summed E-state index contributed by atoms with van der Waals surface area (Å²) < 4.78 is 7.79. The zero-order valence-electron chi connectivity index (χ0n) is 23.1. The van der Waals surface area contributed by atoms with Gasteiger partial charge in [0.25, 0.3) is 0 Å². The molecule has 0 aliphatic carbocycles. The first-order chi connectivity index (χ1) is 20.2. The van der Waals surface area contributed by atoms with Crippen LogP contribution < -0.4 is 9.64 Å². The third kappa shape index (κ3) is 5.70. The molecule has 0 saturated carbocycles. The molecule has 0 aliphatic rings. The van der Waals surface area contributed by atoms with Gasteiger partial charge < -0.3 is 14.2 Å². The van der Waals surface area contributed by atoms with Crippen LogP contribution in [0.4, 0.5) is 5.69 Å². The number of anilines is 1. The largest absolute Gasteiger partial charge is 0.487 e. The summed E-state index contributed by atoms with van der Waals surface area (Å²) in [4.78, 5) is 36.4. The number of carbonyl (C=O) groups is 2. The van der Waals surface area contributed by atoms with Crippen molar-refractivity contribution < 1.29 is 14.3 Å². The Morgan fingerprint density at radius 1 is 1.05 bits per heavy atom. The zero-order valence-corrected chi connectivity index (χ0v) is 24.6. The molecular weight excluding hydrogens is 573 g/mol. The predicted octanol–water partition coefficient (Wildman–Crippen LogP) is 6.47. The van der Waals surface area contributed by atoms with Crippen molar-refractivity contribution >= 4 is 51.5 Å². The Labute approximate surface area is 252 Å². The Morgan fingerprint density at radius 3 is 2.60 bits per heavy atom. The number of amides is 1. The molecule has 0 spiro atoms. The van der Waals surface area contributed by atoms with Crippen LogP contribution >= 0.6 is 23.2 Å². The van der Waals surface area contributed by atoms with Crippen LogP contribution in [0.5, 0.6) is 5.75 Å². The van der Waals surface area contributed by atoms with Crippen molar-refractivity contribution in [2.45, 2.75) is 20.0 Å². The fourth-order valence-electron chi connectivity index (χ4n) is 4.57. The summed E-state index contributed by atoms with van der Waals surface area (Å²) in [7, 11) is 3.36. The smallest absolute Gasteiger partial charge is 0.232 e. The third-order valence-corrected chi connectivity index (χ3v) is 7.80. The molecule has 0 bridgehead atoms. The van der Waals surface area contributed by atoms with E-state index < -0.39 is 0 Å². The highest BCUT2D eigenvalue weighted by Crippen LogP contribution is 2.35. The number of para-hydroxylation sites is 1. The van der Waals surface area contributed by atoms with E-state index in [1.165, 1.54) is 17.2 Å². The molecule has 0 radical (unpaired) electrons. The Balaban J connectivity index is 1.33. The van der Waals surface area contributed by atoms with Crippen molar-refractivity contribution in [1.82, 2.24) is 14.5 Å². The number of benzene rings is 2. The first-order valence-electron chi connectivity index (χ1n) is 13.0. The monoisotopic (exact) mass is 597 g/mol. The molecule has 0 N–H and O–H groups in total. The summed E-state index contributed by atoms with van der Waals surface area (Å²) in [6.45, 7) is 2.00. The molecule has 42 heavy (non-hydrogen) atoms. The zero-order chi connectivity index (χ0) is 30.0. The van der Waals surface area contributed by atoms with Gasteiger partial charge in [0.2, 0.25) is 11.7 Å². The minimum Gasteiger partial charge on any atom is -0.487 e. The van der Waals surface area contributed by atoms with Crippen molar-refractivity contribution in [1.29, 1.82) is 5.26 Å². The Hall–Kier alpha value is -4.71. The number of aryl methyl sites for hydroxylation is 1. The second kappa shape index (κ2) is 12.0. The van der Waals surface area contributed by atoms with Gasteiger partial charge in [0.05, 0.1) is 22.8 Å². The van der Waals surface area contributed by atoms with Crippen molar-refractivity contribution in [3.05, 3.63) is 117 Å². The van der Waals surface area contributed by atoms with Gasteiger partial charge in [-0.05, 0) is 55.5 Å². The molecule has 0 aliphatic heterocycles. The number of rotatable bonds is 8. The first kappa shape index (κ1) is 28.8. The highest BCUT2D eigenvalue weighted by molar-refractivity contribution is 6.38. The summed E-state index contributed by atoms with van der Waals surface area (Å²) >= 11 is 13.3. The average Bonchev–Trinajstić information content (AvgIpc) is 3.35. The van der Waals surface area contributed by atoms with Gasteiger partial charge in [-0.2, -0.15) is 5.26 Å². The number of pyridine rings is 2. The van der Waals surface area contributed by atoms with Gasteiger partial charge >= 0.3 is 0 Å². The lowest BCUT2D eigenvalue weighted by Gasteiger charge is -2.21. The Morgan fingerprint density at radius 2 is 1.86 bits per heavy atom. The van der Waals surface area contributed by atoms with Crippen LogP contribution in [0.25, 0.3) is 10.9 Å². The molecule has 0 atom stereocenters. The molecule has 2 aromatic carbocycles. The molecule has 3 aromatic heterocycles. The summed E-state index contributed by atoms with van der Waals surface area (Å²) in [6, 6.07) is 21.4. The molecule has 5 rings (SSSR count). The van der Waals surface area contributed by atoms with E-state index >= 15 is 0 Å². The van der Waals surface area contributed by atoms with Gasteiger partial charge in [-0.25, -0.2) is 9.97 Å². The molecule has 0 fully saturated rings. The van der Waals surface area contributed by atoms with Gasteiger partial charge in [0.1, 0.15) is 29.6 Å². The molecule has 3 heterocycles. The fourth-order valence-corrected chi connectivity index (χ4v) is 5.18. The Bertz CT molecular complexity index is 1880. The molecule has 0 unspecified atom stereocenters.